The predicted octanol–water partition coefficient (Wildman–Crippen LogP) is 3.22. The van der Waals surface area contributed by atoms with Crippen LogP contribution in [0, 0.1) is 11.8 Å². The Kier molecular flexibility index (Phi) is 12.5. The fourth-order valence-electron chi connectivity index (χ4n) is 4.89. The minimum Gasteiger partial charge on any atom is -0.507 e. The minimum atomic E-state index is -1.06. The van der Waals surface area contributed by atoms with Crippen LogP contribution in [0.15, 0.2) is 59.4 Å². The highest BCUT2D eigenvalue weighted by atomic mass is 16.7. The van der Waals surface area contributed by atoms with E-state index >= 15 is 0 Å². The van der Waals surface area contributed by atoms with Gasteiger partial charge in [0.25, 0.3) is 5.91 Å². The molecule has 222 valence electrons. The van der Waals surface area contributed by atoms with Crippen LogP contribution in [0.4, 0.5) is 0 Å². The van der Waals surface area contributed by atoms with Gasteiger partial charge in [-0.15, -0.1) is 0 Å². The SMILES string of the molecule is CC(/C=C/C=C/C=C/C(O)=C1/C(=O)C(CCC(=O)O)N(C)C1=O)=C\C(C)C(O[C@H]1C[C@H](O)[C@H](O)[C@@H](C)O1)C(C)C. The van der Waals surface area contributed by atoms with Crippen molar-refractivity contribution in [3.63, 3.8) is 0 Å². The number of amides is 1. The fraction of sp³-hybridized carbons (Fsp3) is 0.567. The topological polar surface area (TPSA) is 154 Å². The first-order valence-electron chi connectivity index (χ1n) is 13.6. The number of ether oxygens (including phenoxy) is 2. The van der Waals surface area contributed by atoms with Crippen LogP contribution in [0.25, 0.3) is 0 Å². The largest absolute Gasteiger partial charge is 0.507 e. The Hall–Kier alpha value is -3.05. The van der Waals surface area contributed by atoms with Crippen molar-refractivity contribution in [2.75, 3.05) is 7.05 Å². The average molecular weight is 562 g/mol. The van der Waals surface area contributed by atoms with Crippen LogP contribution < -0.4 is 0 Å². The Morgan fingerprint density at radius 3 is 2.30 bits per heavy atom. The first kappa shape index (κ1) is 33.2. The van der Waals surface area contributed by atoms with Crippen LogP contribution in [0.5, 0.6) is 0 Å². The Balaban J connectivity index is 1.97. The number of aliphatic hydroxyl groups is 3. The fourth-order valence-corrected chi connectivity index (χ4v) is 4.89. The molecule has 4 N–H and O–H groups in total. The van der Waals surface area contributed by atoms with Crippen molar-refractivity contribution in [2.24, 2.45) is 11.8 Å². The maximum Gasteiger partial charge on any atom is 0.303 e. The Bertz CT molecular complexity index is 1060. The van der Waals surface area contributed by atoms with E-state index in [1.165, 1.54) is 19.2 Å². The van der Waals surface area contributed by atoms with E-state index in [1.54, 1.807) is 19.1 Å². The molecule has 3 unspecified atom stereocenters. The second-order valence-electron chi connectivity index (χ2n) is 10.8. The second kappa shape index (κ2) is 15.1. The lowest BCUT2D eigenvalue weighted by atomic mass is 9.92. The summed E-state index contributed by atoms with van der Waals surface area (Å²) in [5, 5.41) is 39.1. The molecule has 2 saturated heterocycles. The Morgan fingerprint density at radius 2 is 1.73 bits per heavy atom. The number of hydrogen-bond acceptors (Lipinski definition) is 8. The molecular formula is C30H43NO9. The number of rotatable bonds is 12. The van der Waals surface area contributed by atoms with Gasteiger partial charge >= 0.3 is 5.97 Å². The first-order valence-corrected chi connectivity index (χ1v) is 13.6. The summed E-state index contributed by atoms with van der Waals surface area (Å²) in [5.74, 6) is -2.52. The third-order valence-corrected chi connectivity index (χ3v) is 7.07. The van der Waals surface area contributed by atoms with Gasteiger partial charge in [-0.3, -0.25) is 14.4 Å². The van der Waals surface area contributed by atoms with Gasteiger partial charge in [0.15, 0.2) is 12.1 Å². The predicted molar refractivity (Wildman–Crippen MR) is 149 cm³/mol. The molecule has 7 atom stereocenters. The highest BCUT2D eigenvalue weighted by Crippen LogP contribution is 2.28. The second-order valence-corrected chi connectivity index (χ2v) is 10.8. The number of carbonyl (C=O) groups excluding carboxylic acids is 2. The lowest BCUT2D eigenvalue weighted by Gasteiger charge is -2.38. The molecule has 0 aliphatic carbocycles. The molecule has 2 fully saturated rings. The normalized spacial score (nSPS) is 29.4. The molecule has 0 bridgehead atoms. The maximum atomic E-state index is 12.5. The van der Waals surface area contributed by atoms with Gasteiger partial charge in [-0.25, -0.2) is 0 Å². The molecule has 0 saturated carbocycles. The minimum absolute atomic E-state index is 0.0159. The summed E-state index contributed by atoms with van der Waals surface area (Å²) in [6.45, 7) is 9.82. The zero-order valence-electron chi connectivity index (χ0n) is 24.1. The number of carboxylic acid groups (broad SMARTS) is 1. The van der Waals surface area contributed by atoms with Crippen molar-refractivity contribution in [2.45, 2.75) is 90.6 Å². The molecule has 0 aromatic heterocycles. The summed E-state index contributed by atoms with van der Waals surface area (Å²) in [7, 11) is 1.41. The molecule has 2 aliphatic heterocycles. The van der Waals surface area contributed by atoms with Gasteiger partial charge in [-0.2, -0.15) is 0 Å². The molecule has 2 rings (SSSR count). The van der Waals surface area contributed by atoms with Crippen molar-refractivity contribution in [3.8, 4) is 0 Å². The number of carbonyl (C=O) groups is 3. The van der Waals surface area contributed by atoms with E-state index in [2.05, 4.69) is 19.9 Å². The van der Waals surface area contributed by atoms with E-state index in [0.717, 1.165) is 10.5 Å². The van der Waals surface area contributed by atoms with Crippen molar-refractivity contribution in [3.05, 3.63) is 59.4 Å². The van der Waals surface area contributed by atoms with Crippen LogP contribution in [-0.4, -0.2) is 86.8 Å². The van der Waals surface area contributed by atoms with E-state index < -0.39 is 54.1 Å². The van der Waals surface area contributed by atoms with Gasteiger partial charge in [-0.1, -0.05) is 62.8 Å². The summed E-state index contributed by atoms with van der Waals surface area (Å²) in [5.41, 5.74) is 0.651. The van der Waals surface area contributed by atoms with Crippen molar-refractivity contribution in [1.82, 2.24) is 4.90 Å². The number of ketones is 1. The summed E-state index contributed by atoms with van der Waals surface area (Å²) in [6.07, 6.45) is 8.75. The lowest BCUT2D eigenvalue weighted by Crippen LogP contribution is -2.49. The van der Waals surface area contributed by atoms with E-state index in [1.807, 2.05) is 26.0 Å². The van der Waals surface area contributed by atoms with E-state index in [0.29, 0.717) is 0 Å². The smallest absolute Gasteiger partial charge is 0.303 e. The number of aliphatic hydroxyl groups excluding tert-OH is 3. The standard InChI is InChI=1S/C30H43NO9/c1-17(2)29(40-25-16-23(33)27(36)20(5)39-25)19(4)15-18(3)11-9-7-8-10-12-22(32)26-28(37)21(13-14-24(34)35)31(6)30(26)38/h7-12,15,17,19-21,23,25,27,29,32-33,36H,13-14,16H2,1-6H3,(H,34,35)/b8-7+,11-9+,12-10+,18-15+,26-22+/t19?,20-,21?,23+,25+,27-,29?/m1/s1. The van der Waals surface area contributed by atoms with Gasteiger partial charge in [-0.05, 0) is 32.3 Å². The monoisotopic (exact) mass is 561 g/mol. The van der Waals surface area contributed by atoms with E-state index in [-0.39, 0.29) is 42.8 Å². The van der Waals surface area contributed by atoms with Crippen molar-refractivity contribution >= 4 is 17.7 Å². The van der Waals surface area contributed by atoms with Gasteiger partial charge in [0.05, 0.1) is 24.4 Å². The molecular weight excluding hydrogens is 518 g/mol. The molecule has 40 heavy (non-hydrogen) atoms. The Morgan fingerprint density at radius 1 is 1.10 bits per heavy atom. The van der Waals surface area contributed by atoms with E-state index in [4.69, 9.17) is 14.6 Å². The van der Waals surface area contributed by atoms with Crippen LogP contribution in [0.1, 0.15) is 53.9 Å². The Labute approximate surface area is 236 Å². The van der Waals surface area contributed by atoms with Gasteiger partial charge in [0.2, 0.25) is 0 Å². The average Bonchev–Trinajstić information content (AvgIpc) is 3.08. The molecule has 2 aliphatic rings. The number of carboxylic acids is 1. The number of Topliss-reactive ketones (excluding diaryl/α,β-unsaturated/α-hetero) is 1. The van der Waals surface area contributed by atoms with Crippen LogP contribution in [-0.2, 0) is 23.9 Å². The maximum absolute atomic E-state index is 12.5. The first-order chi connectivity index (χ1) is 18.7. The lowest BCUT2D eigenvalue weighted by molar-refractivity contribution is -0.267. The number of aliphatic carboxylic acids is 1. The summed E-state index contributed by atoms with van der Waals surface area (Å²) in [4.78, 5) is 36.9. The van der Waals surface area contributed by atoms with Crippen LogP contribution in [0.2, 0.25) is 0 Å². The quantitative estimate of drug-likeness (QED) is 0.122. The molecule has 0 radical (unpaired) electrons. The van der Waals surface area contributed by atoms with Crippen molar-refractivity contribution < 1.29 is 44.3 Å². The summed E-state index contributed by atoms with van der Waals surface area (Å²) in [6, 6.07) is -0.899. The van der Waals surface area contributed by atoms with Gasteiger partial charge in [0.1, 0.15) is 17.4 Å². The molecule has 10 heteroatoms. The van der Waals surface area contributed by atoms with Gasteiger partial charge in [0, 0.05) is 25.8 Å². The molecule has 0 aromatic carbocycles. The molecule has 0 spiro atoms. The van der Waals surface area contributed by atoms with Crippen LogP contribution in [0.3, 0.4) is 0 Å². The van der Waals surface area contributed by atoms with Crippen molar-refractivity contribution in [1.29, 1.82) is 0 Å². The van der Waals surface area contributed by atoms with E-state index in [9.17, 15) is 29.7 Å². The molecule has 0 aromatic rings. The molecule has 10 nitrogen and oxygen atoms in total. The zero-order chi connectivity index (χ0) is 30.1. The zero-order valence-corrected chi connectivity index (χ0v) is 24.1. The van der Waals surface area contributed by atoms with Crippen LogP contribution >= 0.6 is 0 Å². The number of allylic oxidation sites excluding steroid dienone is 7. The highest BCUT2D eigenvalue weighted by Gasteiger charge is 2.42. The highest BCUT2D eigenvalue weighted by molar-refractivity contribution is 6.26. The van der Waals surface area contributed by atoms with Gasteiger partial charge < -0.3 is 34.8 Å². The number of likely N-dealkylation sites (N-methyl/N-ethyl adjacent to an activating group) is 1. The molecule has 1 amide bonds. The third-order valence-electron chi connectivity index (χ3n) is 7.07. The molecule has 2 heterocycles. The summed E-state index contributed by atoms with van der Waals surface area (Å²) < 4.78 is 11.9. The number of hydrogen-bond donors (Lipinski definition) is 4. The third kappa shape index (κ3) is 8.99. The number of nitrogens with zero attached hydrogens (tertiary/aromatic N) is 1. The summed E-state index contributed by atoms with van der Waals surface area (Å²) >= 11 is 0. The number of likely N-dealkylation sites (tertiary alicyclic amines) is 1.